The van der Waals surface area contributed by atoms with E-state index in [9.17, 15) is 18.0 Å². The lowest BCUT2D eigenvalue weighted by Gasteiger charge is -2.26. The molecule has 0 amide bonds. The molecule has 0 aromatic carbocycles. The van der Waals surface area contributed by atoms with Gasteiger partial charge in [0, 0.05) is 4.88 Å². The molecule has 1 unspecified atom stereocenters. The van der Waals surface area contributed by atoms with Crippen molar-refractivity contribution in [1.29, 1.82) is 0 Å². The molecule has 3 nitrogen and oxygen atoms in total. The van der Waals surface area contributed by atoms with Gasteiger partial charge in [0.25, 0.3) is 0 Å². The van der Waals surface area contributed by atoms with Crippen LogP contribution in [0.15, 0.2) is 11.4 Å². The molecule has 0 aliphatic rings. The third-order valence-corrected chi connectivity index (χ3v) is 3.16. The molecule has 0 aliphatic heterocycles. The summed E-state index contributed by atoms with van der Waals surface area (Å²) in [7, 11) is 0. The Morgan fingerprint density at radius 2 is 2.07 bits per heavy atom. The Labute approximate surface area is 87.3 Å². The lowest BCUT2D eigenvalue weighted by atomic mass is 9.95. The van der Waals surface area contributed by atoms with Gasteiger partial charge in [0.15, 0.2) is 0 Å². The summed E-state index contributed by atoms with van der Waals surface area (Å²) < 4.78 is 37.8. The molecule has 0 saturated heterocycles. The monoisotopic (exact) mass is 239 g/mol. The molecule has 0 saturated carbocycles. The van der Waals surface area contributed by atoms with Crippen LogP contribution in [0.1, 0.15) is 10.4 Å². The number of hydrogen-bond donors (Lipinski definition) is 2. The van der Waals surface area contributed by atoms with Gasteiger partial charge in [0.1, 0.15) is 0 Å². The summed E-state index contributed by atoms with van der Waals surface area (Å²) in [6.07, 6.45) is -5.02. The molecular formula is C8H8F3NO2S. The van der Waals surface area contributed by atoms with Crippen LogP contribution in [0.25, 0.3) is 0 Å². The predicted molar refractivity (Wildman–Crippen MR) is 48.6 cm³/mol. The van der Waals surface area contributed by atoms with Crippen LogP contribution >= 0.6 is 11.3 Å². The summed E-state index contributed by atoms with van der Waals surface area (Å²) in [5, 5.41) is 10.0. The van der Waals surface area contributed by atoms with Gasteiger partial charge in [-0.15, -0.1) is 11.3 Å². The third kappa shape index (κ3) is 1.72. The summed E-state index contributed by atoms with van der Waals surface area (Å²) in [5.41, 5.74) is 1.88. The first-order valence-electron chi connectivity index (χ1n) is 3.85. The van der Waals surface area contributed by atoms with E-state index in [1.807, 2.05) is 0 Å². The molecule has 15 heavy (non-hydrogen) atoms. The number of carboxylic acid groups (broad SMARTS) is 1. The molecule has 1 aromatic rings. The molecule has 1 aromatic heterocycles. The van der Waals surface area contributed by atoms with E-state index in [0.29, 0.717) is 11.3 Å². The van der Waals surface area contributed by atoms with Gasteiger partial charge in [-0.3, -0.25) is 0 Å². The van der Waals surface area contributed by atoms with Crippen molar-refractivity contribution in [1.82, 2.24) is 0 Å². The average molecular weight is 239 g/mol. The highest BCUT2D eigenvalue weighted by molar-refractivity contribution is 7.10. The zero-order chi connectivity index (χ0) is 11.9. The number of rotatable bonds is 2. The Kier molecular flexibility index (Phi) is 2.79. The number of carbonyl (C=O) groups is 1. The number of aliphatic carboxylic acids is 1. The van der Waals surface area contributed by atoms with Crippen molar-refractivity contribution < 1.29 is 23.1 Å². The highest BCUT2D eigenvalue weighted by Gasteiger charge is 2.60. The van der Waals surface area contributed by atoms with E-state index in [1.54, 1.807) is 0 Å². The van der Waals surface area contributed by atoms with Gasteiger partial charge in [-0.25, -0.2) is 4.79 Å². The minimum atomic E-state index is -5.02. The fourth-order valence-corrected chi connectivity index (χ4v) is 2.17. The second-order valence-corrected chi connectivity index (χ2v) is 3.96. The van der Waals surface area contributed by atoms with Crippen LogP contribution in [0, 0.1) is 6.92 Å². The fraction of sp³-hybridized carbons (Fsp3) is 0.375. The Balaban J connectivity index is 3.39. The molecule has 1 rings (SSSR count). The van der Waals surface area contributed by atoms with Crippen LogP contribution in [-0.2, 0) is 10.3 Å². The number of thiophene rings is 1. The van der Waals surface area contributed by atoms with E-state index in [0.717, 1.165) is 0 Å². The number of aryl methyl sites for hydroxylation is 1. The SMILES string of the molecule is Cc1ccsc1C(N)(C(=O)O)C(F)(F)F. The molecule has 3 N–H and O–H groups in total. The van der Waals surface area contributed by atoms with Crippen molar-refractivity contribution in [3.63, 3.8) is 0 Å². The van der Waals surface area contributed by atoms with Crippen molar-refractivity contribution in [2.45, 2.75) is 18.6 Å². The van der Waals surface area contributed by atoms with Crippen LogP contribution in [0.5, 0.6) is 0 Å². The normalized spacial score (nSPS) is 16.1. The molecule has 0 spiro atoms. The van der Waals surface area contributed by atoms with Crippen LogP contribution < -0.4 is 5.73 Å². The zero-order valence-corrected chi connectivity index (χ0v) is 8.45. The highest BCUT2D eigenvalue weighted by atomic mass is 32.1. The van der Waals surface area contributed by atoms with Gasteiger partial charge in [0.05, 0.1) is 0 Å². The standard InChI is InChI=1S/C8H8F3NO2S/c1-4-2-3-15-5(4)7(12,6(13)14)8(9,10)11/h2-3H,12H2,1H3,(H,13,14). The summed E-state index contributed by atoms with van der Waals surface area (Å²) in [6.45, 7) is 1.39. The highest BCUT2D eigenvalue weighted by Crippen LogP contribution is 2.40. The average Bonchev–Trinajstić information content (AvgIpc) is 2.47. The van der Waals surface area contributed by atoms with Crippen molar-refractivity contribution >= 4 is 17.3 Å². The molecule has 1 atom stereocenters. The van der Waals surface area contributed by atoms with E-state index in [-0.39, 0.29) is 10.4 Å². The van der Waals surface area contributed by atoms with E-state index in [2.05, 4.69) is 0 Å². The lowest BCUT2D eigenvalue weighted by molar-refractivity contribution is -0.204. The van der Waals surface area contributed by atoms with E-state index in [4.69, 9.17) is 10.8 Å². The Morgan fingerprint density at radius 3 is 2.33 bits per heavy atom. The number of nitrogens with two attached hydrogens (primary N) is 1. The molecule has 0 fully saturated rings. The van der Waals surface area contributed by atoms with Gasteiger partial charge < -0.3 is 10.8 Å². The van der Waals surface area contributed by atoms with Crippen LogP contribution in [0.4, 0.5) is 13.2 Å². The molecule has 0 bridgehead atoms. The Hall–Kier alpha value is -1.08. The molecule has 84 valence electrons. The quantitative estimate of drug-likeness (QED) is 0.827. The fourth-order valence-electron chi connectivity index (χ4n) is 1.12. The van der Waals surface area contributed by atoms with Gasteiger partial charge in [-0.1, -0.05) is 0 Å². The molecular weight excluding hydrogens is 231 g/mol. The number of halogens is 3. The van der Waals surface area contributed by atoms with E-state index < -0.39 is 17.7 Å². The maximum Gasteiger partial charge on any atom is 0.422 e. The lowest BCUT2D eigenvalue weighted by Crippen LogP contribution is -2.56. The number of carboxylic acids is 1. The molecule has 7 heteroatoms. The maximum absolute atomic E-state index is 12.6. The molecule has 0 aliphatic carbocycles. The van der Waals surface area contributed by atoms with Crippen LogP contribution in [-0.4, -0.2) is 17.3 Å². The number of alkyl halides is 3. The molecule has 1 heterocycles. The second-order valence-electron chi connectivity index (χ2n) is 3.04. The van der Waals surface area contributed by atoms with Crippen LogP contribution in [0.3, 0.4) is 0 Å². The van der Waals surface area contributed by atoms with E-state index in [1.165, 1.54) is 18.4 Å². The second kappa shape index (κ2) is 3.49. The number of hydrogen-bond acceptors (Lipinski definition) is 3. The zero-order valence-electron chi connectivity index (χ0n) is 7.63. The van der Waals surface area contributed by atoms with Crippen molar-refractivity contribution in [2.24, 2.45) is 5.73 Å². The topological polar surface area (TPSA) is 63.3 Å². The van der Waals surface area contributed by atoms with Gasteiger partial charge >= 0.3 is 12.1 Å². The smallest absolute Gasteiger partial charge is 0.422 e. The van der Waals surface area contributed by atoms with Gasteiger partial charge in [-0.05, 0) is 23.9 Å². The molecule has 0 radical (unpaired) electrons. The maximum atomic E-state index is 12.6. The predicted octanol–water partition coefficient (Wildman–Crippen LogP) is 1.86. The van der Waals surface area contributed by atoms with Crippen molar-refractivity contribution in [3.05, 3.63) is 21.9 Å². The summed E-state index contributed by atoms with van der Waals surface area (Å²) in [5.74, 6) is -2.10. The van der Waals surface area contributed by atoms with Crippen LogP contribution in [0.2, 0.25) is 0 Å². The first-order valence-corrected chi connectivity index (χ1v) is 4.72. The van der Waals surface area contributed by atoms with Gasteiger partial charge in [0.2, 0.25) is 5.54 Å². The minimum Gasteiger partial charge on any atom is -0.479 e. The summed E-state index contributed by atoms with van der Waals surface area (Å²) in [6, 6.07) is 1.40. The Bertz CT molecular complexity index is 387. The summed E-state index contributed by atoms with van der Waals surface area (Å²) >= 11 is 0.686. The largest absolute Gasteiger partial charge is 0.479 e. The first kappa shape index (κ1) is 12.0. The summed E-state index contributed by atoms with van der Waals surface area (Å²) in [4.78, 5) is 10.3. The van der Waals surface area contributed by atoms with Gasteiger partial charge in [-0.2, -0.15) is 13.2 Å². The first-order chi connectivity index (χ1) is 6.71. The van der Waals surface area contributed by atoms with E-state index >= 15 is 0 Å². The third-order valence-electron chi connectivity index (χ3n) is 2.00. The van der Waals surface area contributed by atoms with Crippen molar-refractivity contribution in [2.75, 3.05) is 0 Å². The van der Waals surface area contributed by atoms with Crippen molar-refractivity contribution in [3.8, 4) is 0 Å². The minimum absolute atomic E-state index is 0.224. The Morgan fingerprint density at radius 1 is 1.53 bits per heavy atom.